The first-order chi connectivity index (χ1) is 20.1. The molecule has 0 spiro atoms. The molecule has 0 radical (unpaired) electrons. The number of rotatable bonds is 5. The summed E-state index contributed by atoms with van der Waals surface area (Å²) in [5.41, 5.74) is 1.51. The topological polar surface area (TPSA) is 91.6 Å². The Balaban J connectivity index is 1.61. The molecule has 0 N–H and O–H groups in total. The van der Waals surface area contributed by atoms with Crippen molar-refractivity contribution < 1.29 is 22.7 Å². The van der Waals surface area contributed by atoms with Crippen LogP contribution in [0.25, 0.3) is 4.85 Å². The van der Waals surface area contributed by atoms with E-state index in [1.54, 1.807) is 43.3 Å². The van der Waals surface area contributed by atoms with Gasteiger partial charge in [-0.25, -0.2) is 19.2 Å². The average molecular weight is 570 g/mol. The molecule has 42 heavy (non-hydrogen) atoms. The number of aromatic nitrogens is 3. The lowest BCUT2D eigenvalue weighted by atomic mass is 9.99. The van der Waals surface area contributed by atoms with Crippen molar-refractivity contribution in [2.45, 2.75) is 25.7 Å². The number of halogens is 3. The molecule has 0 bridgehead atoms. The first-order valence-corrected chi connectivity index (χ1v) is 12.6. The number of benzene rings is 3. The molecule has 0 unspecified atom stereocenters. The minimum Gasteiger partial charge on any atom is -0.444 e. The number of nitrogens with zero attached hydrogens (tertiary/aromatic N) is 7. The van der Waals surface area contributed by atoms with Gasteiger partial charge >= 0.3 is 12.3 Å². The second kappa shape index (κ2) is 11.1. The Morgan fingerprint density at radius 2 is 1.83 bits per heavy atom. The Kier molecular flexibility index (Phi) is 7.38. The van der Waals surface area contributed by atoms with Crippen molar-refractivity contribution in [3.63, 3.8) is 0 Å². The summed E-state index contributed by atoms with van der Waals surface area (Å²) in [7, 11) is 1.41. The van der Waals surface area contributed by atoms with Crippen LogP contribution < -0.4 is 9.80 Å². The highest BCUT2D eigenvalue weighted by atomic mass is 19.4. The molecule has 1 aliphatic rings. The summed E-state index contributed by atoms with van der Waals surface area (Å²) in [5.74, 6) is 0.00371. The van der Waals surface area contributed by atoms with Crippen LogP contribution in [0.2, 0.25) is 0 Å². The quantitative estimate of drug-likeness (QED) is 0.245. The van der Waals surface area contributed by atoms with Crippen LogP contribution in [0.5, 0.6) is 0 Å². The number of anilines is 3. The van der Waals surface area contributed by atoms with Gasteiger partial charge in [-0.15, -0.1) is 5.10 Å². The Hall–Kier alpha value is -5.62. The summed E-state index contributed by atoms with van der Waals surface area (Å²) in [6.07, 6.45) is -5.35. The van der Waals surface area contributed by atoms with Crippen LogP contribution in [0.1, 0.15) is 35.2 Å². The van der Waals surface area contributed by atoms with Gasteiger partial charge in [-0.2, -0.15) is 23.4 Å². The molecule has 1 aromatic heterocycles. The van der Waals surface area contributed by atoms with E-state index in [0.29, 0.717) is 16.8 Å². The van der Waals surface area contributed by atoms with Gasteiger partial charge in [0.15, 0.2) is 0 Å². The van der Waals surface area contributed by atoms with Crippen molar-refractivity contribution in [3.05, 3.63) is 124 Å². The van der Waals surface area contributed by atoms with Gasteiger partial charge in [-0.05, 0) is 48.4 Å². The Labute approximate surface area is 239 Å². The second-order valence-corrected chi connectivity index (χ2v) is 9.36. The van der Waals surface area contributed by atoms with Gasteiger partial charge in [0.2, 0.25) is 11.6 Å². The minimum absolute atomic E-state index is 0.00431. The van der Waals surface area contributed by atoms with Gasteiger partial charge in [-0.1, -0.05) is 48.5 Å². The van der Waals surface area contributed by atoms with Crippen LogP contribution >= 0.6 is 0 Å². The van der Waals surface area contributed by atoms with Crippen LogP contribution in [0.3, 0.4) is 0 Å². The molecule has 2 heterocycles. The Morgan fingerprint density at radius 1 is 1.12 bits per heavy atom. The molecule has 210 valence electrons. The third kappa shape index (κ3) is 5.25. The lowest BCUT2D eigenvalue weighted by molar-refractivity contribution is -0.137. The van der Waals surface area contributed by atoms with Crippen LogP contribution in [-0.4, -0.2) is 27.9 Å². The molecule has 1 atom stereocenters. The lowest BCUT2D eigenvalue weighted by Gasteiger charge is -2.34. The van der Waals surface area contributed by atoms with Crippen molar-refractivity contribution in [2.75, 3.05) is 16.8 Å². The lowest BCUT2D eigenvalue weighted by Crippen LogP contribution is -2.30. The number of allylic oxidation sites excluding steroid dienone is 2. The average Bonchev–Trinajstić information content (AvgIpc) is 3.43. The molecular weight excluding hydrogens is 547 g/mol. The molecular formula is C30H22F3N7O2. The molecule has 12 heteroatoms. The Morgan fingerprint density at radius 3 is 2.48 bits per heavy atom. The number of nitriles is 1. The highest BCUT2D eigenvalue weighted by Crippen LogP contribution is 2.44. The van der Waals surface area contributed by atoms with Gasteiger partial charge in [0.05, 0.1) is 23.8 Å². The van der Waals surface area contributed by atoms with E-state index in [9.17, 15) is 23.2 Å². The largest absolute Gasteiger partial charge is 0.444 e. The van der Waals surface area contributed by atoms with Crippen molar-refractivity contribution in [2.24, 2.45) is 0 Å². The van der Waals surface area contributed by atoms with Crippen LogP contribution in [-0.2, 0) is 17.5 Å². The van der Waals surface area contributed by atoms with Gasteiger partial charge < -0.3 is 4.74 Å². The van der Waals surface area contributed by atoms with E-state index in [4.69, 9.17) is 11.3 Å². The molecule has 4 aromatic rings. The fourth-order valence-electron chi connectivity index (χ4n) is 4.56. The summed E-state index contributed by atoms with van der Waals surface area (Å²) in [6.45, 7) is 9.59. The monoisotopic (exact) mass is 569 g/mol. The number of carbonyl (C=O) groups is 1. The fraction of sp³-hybridized carbons (Fsp3) is 0.167. The smallest absolute Gasteiger partial charge is 0.416 e. The van der Waals surface area contributed by atoms with Gasteiger partial charge in [0, 0.05) is 18.4 Å². The highest BCUT2D eigenvalue weighted by Gasteiger charge is 2.38. The van der Waals surface area contributed by atoms with E-state index >= 15 is 0 Å². The maximum atomic E-state index is 13.6. The predicted octanol–water partition coefficient (Wildman–Crippen LogP) is 6.83. The maximum absolute atomic E-state index is 13.6. The van der Waals surface area contributed by atoms with Crippen LogP contribution in [0, 0.1) is 17.9 Å². The molecule has 1 aliphatic heterocycles. The number of carbonyl (C=O) groups excluding carboxylic acids is 1. The SMILES string of the molecule is [C-]#[N+]C1=C(C)N(c2cccc(C(F)(F)F)c2)c2nc(N(C)C(=O)OCc3ccccc3)nn2[C@@H]1c1ccc(C#N)cc1. The van der Waals surface area contributed by atoms with E-state index < -0.39 is 23.9 Å². The number of alkyl halides is 3. The molecule has 5 rings (SSSR count). The van der Waals surface area contributed by atoms with Crippen molar-refractivity contribution in [3.8, 4) is 6.07 Å². The van der Waals surface area contributed by atoms with E-state index in [1.807, 2.05) is 24.3 Å². The van der Waals surface area contributed by atoms with Gasteiger partial charge in [0.25, 0.3) is 5.95 Å². The minimum atomic E-state index is -4.60. The summed E-state index contributed by atoms with van der Waals surface area (Å²) < 4.78 is 47.6. The maximum Gasteiger partial charge on any atom is 0.416 e. The normalized spacial score (nSPS) is 14.5. The van der Waals surface area contributed by atoms with Gasteiger partial charge in [-0.3, -0.25) is 4.90 Å². The third-order valence-corrected chi connectivity index (χ3v) is 6.70. The fourth-order valence-corrected chi connectivity index (χ4v) is 4.56. The third-order valence-electron chi connectivity index (χ3n) is 6.70. The van der Waals surface area contributed by atoms with E-state index in [1.165, 1.54) is 28.8 Å². The first-order valence-electron chi connectivity index (χ1n) is 12.6. The number of amides is 1. The number of hydrogen-bond acceptors (Lipinski definition) is 6. The highest BCUT2D eigenvalue weighted by molar-refractivity contribution is 5.85. The number of ether oxygens (including phenoxy) is 1. The zero-order valence-electron chi connectivity index (χ0n) is 22.4. The summed E-state index contributed by atoms with van der Waals surface area (Å²) in [6, 6.07) is 21.5. The molecule has 3 aromatic carbocycles. The summed E-state index contributed by atoms with van der Waals surface area (Å²) in [4.78, 5) is 23.7. The zero-order chi connectivity index (χ0) is 30.0. The summed E-state index contributed by atoms with van der Waals surface area (Å²) >= 11 is 0. The van der Waals surface area contributed by atoms with Gasteiger partial charge in [0.1, 0.15) is 12.6 Å². The standard InChI is InChI=1S/C30H22F3N7O2/c1-19-25(35-2)26(22-14-12-20(17-34)13-15-22)40-28(39(19)24-11-7-10-23(16-24)30(31,32)33)36-27(37-40)38(3)29(41)42-18-21-8-5-4-6-9-21/h4-16,26H,18H2,1,3H3/t26-/m1/s1. The van der Waals surface area contributed by atoms with Crippen LogP contribution in [0.4, 0.5) is 35.5 Å². The van der Waals surface area contributed by atoms with Crippen molar-refractivity contribution >= 4 is 23.7 Å². The molecule has 0 saturated carbocycles. The predicted molar refractivity (Wildman–Crippen MR) is 147 cm³/mol. The molecule has 0 fully saturated rings. The Bertz CT molecular complexity index is 1750. The second-order valence-electron chi connectivity index (χ2n) is 9.36. The van der Waals surface area contributed by atoms with Crippen molar-refractivity contribution in [1.82, 2.24) is 14.8 Å². The summed E-state index contributed by atoms with van der Waals surface area (Å²) in [5, 5.41) is 13.8. The van der Waals surface area contributed by atoms with E-state index in [-0.39, 0.29) is 29.9 Å². The molecule has 0 saturated heterocycles. The number of hydrogen-bond donors (Lipinski definition) is 0. The van der Waals surface area contributed by atoms with Crippen LogP contribution in [0.15, 0.2) is 90.3 Å². The van der Waals surface area contributed by atoms with E-state index in [2.05, 4.69) is 14.9 Å². The van der Waals surface area contributed by atoms with E-state index in [0.717, 1.165) is 22.6 Å². The van der Waals surface area contributed by atoms with Crippen molar-refractivity contribution in [1.29, 1.82) is 5.26 Å². The molecule has 0 aliphatic carbocycles. The zero-order valence-corrected chi connectivity index (χ0v) is 22.4. The molecule has 1 amide bonds. The molecule has 9 nitrogen and oxygen atoms in total. The first kappa shape index (κ1) is 27.9. The number of fused-ring (bicyclic) bond motifs is 1.